The number of sulfonamides is 1. The van der Waals surface area contributed by atoms with Crippen molar-refractivity contribution in [3.8, 4) is 11.5 Å². The molecule has 11 heteroatoms. The number of rotatable bonds is 14. The third-order valence-corrected chi connectivity index (χ3v) is 9.04. The van der Waals surface area contributed by atoms with E-state index in [2.05, 4.69) is 5.32 Å². The van der Waals surface area contributed by atoms with E-state index in [4.69, 9.17) is 9.47 Å². The molecule has 0 spiro atoms. The third-order valence-electron chi connectivity index (χ3n) is 7.27. The molecule has 0 aromatic heterocycles. The highest BCUT2D eigenvalue weighted by Gasteiger charge is 2.35. The van der Waals surface area contributed by atoms with Crippen LogP contribution in [0.2, 0.25) is 0 Å². The molecule has 242 valence electrons. The van der Waals surface area contributed by atoms with Gasteiger partial charge >= 0.3 is 0 Å². The van der Waals surface area contributed by atoms with Gasteiger partial charge in [-0.3, -0.25) is 13.9 Å². The van der Waals surface area contributed by atoms with Gasteiger partial charge in [0.1, 0.15) is 18.4 Å². The van der Waals surface area contributed by atoms with Gasteiger partial charge in [-0.1, -0.05) is 66.7 Å². The van der Waals surface area contributed by atoms with E-state index in [1.54, 1.807) is 50.2 Å². The van der Waals surface area contributed by atoms with Crippen LogP contribution in [0.5, 0.6) is 11.5 Å². The van der Waals surface area contributed by atoms with Crippen molar-refractivity contribution in [1.29, 1.82) is 0 Å². The van der Waals surface area contributed by atoms with Crippen LogP contribution in [0.4, 0.5) is 10.1 Å². The number of amides is 2. The standard InChI is InChI=1S/C35H38FN3O6S/c1-25(2)37-35(41)31(21-26-13-7-5-8-14-26)38(23-27-15-11-12-18-30(27)36)34(40)24-39(28-16-9-6-10-17-28)46(42,43)29-19-20-32(44-3)33(22-29)45-4/h5-20,22,25,31H,21,23-24H2,1-4H3,(H,37,41)/t31-/m0/s1. The van der Waals surface area contributed by atoms with Gasteiger partial charge in [0, 0.05) is 30.6 Å². The fourth-order valence-electron chi connectivity index (χ4n) is 4.97. The van der Waals surface area contributed by atoms with Crippen LogP contribution in [0.15, 0.2) is 108 Å². The number of hydrogen-bond donors (Lipinski definition) is 1. The van der Waals surface area contributed by atoms with Crippen LogP contribution in [0.1, 0.15) is 25.0 Å². The Hall–Kier alpha value is -4.90. The van der Waals surface area contributed by atoms with Gasteiger partial charge in [-0.25, -0.2) is 12.8 Å². The van der Waals surface area contributed by atoms with Crippen LogP contribution in [0.25, 0.3) is 0 Å². The van der Waals surface area contributed by atoms with E-state index in [0.717, 1.165) is 9.87 Å². The monoisotopic (exact) mass is 647 g/mol. The Balaban J connectivity index is 1.82. The predicted molar refractivity (Wildman–Crippen MR) is 175 cm³/mol. The molecule has 0 heterocycles. The van der Waals surface area contributed by atoms with Crippen LogP contribution in [-0.4, -0.2) is 58.0 Å². The van der Waals surface area contributed by atoms with Gasteiger partial charge in [0.2, 0.25) is 11.8 Å². The molecule has 0 bridgehead atoms. The molecule has 0 aliphatic rings. The number of anilines is 1. The van der Waals surface area contributed by atoms with Crippen molar-refractivity contribution in [2.24, 2.45) is 0 Å². The molecule has 1 N–H and O–H groups in total. The number of hydrogen-bond acceptors (Lipinski definition) is 6. The van der Waals surface area contributed by atoms with Crippen molar-refractivity contribution in [3.05, 3.63) is 120 Å². The summed E-state index contributed by atoms with van der Waals surface area (Å²) >= 11 is 0. The first-order valence-electron chi connectivity index (χ1n) is 14.7. The number of halogens is 1. The summed E-state index contributed by atoms with van der Waals surface area (Å²) in [6, 6.07) is 26.1. The lowest BCUT2D eigenvalue weighted by atomic mass is 10.0. The van der Waals surface area contributed by atoms with Crippen molar-refractivity contribution in [2.75, 3.05) is 25.1 Å². The summed E-state index contributed by atoms with van der Waals surface area (Å²) in [7, 11) is -1.54. The predicted octanol–water partition coefficient (Wildman–Crippen LogP) is 5.20. The first-order valence-corrected chi connectivity index (χ1v) is 16.2. The zero-order valence-corrected chi connectivity index (χ0v) is 27.0. The summed E-state index contributed by atoms with van der Waals surface area (Å²) in [5, 5.41) is 2.88. The SMILES string of the molecule is COc1ccc(S(=O)(=O)N(CC(=O)N(Cc2ccccc2F)[C@@H](Cc2ccccc2)C(=O)NC(C)C)c2ccccc2)cc1OC. The molecule has 4 rings (SSSR count). The lowest BCUT2D eigenvalue weighted by Gasteiger charge is -2.34. The summed E-state index contributed by atoms with van der Waals surface area (Å²) < 4.78 is 55.1. The Labute approximate surface area is 269 Å². The fourth-order valence-corrected chi connectivity index (χ4v) is 6.40. The van der Waals surface area contributed by atoms with E-state index in [-0.39, 0.29) is 40.9 Å². The van der Waals surface area contributed by atoms with E-state index in [0.29, 0.717) is 5.75 Å². The summed E-state index contributed by atoms with van der Waals surface area (Å²) in [4.78, 5) is 29.3. The maximum Gasteiger partial charge on any atom is 0.264 e. The smallest absolute Gasteiger partial charge is 0.264 e. The first kappa shape index (κ1) is 34.0. The Morgan fingerprint density at radius 1 is 0.826 bits per heavy atom. The zero-order chi connectivity index (χ0) is 33.3. The number of benzene rings is 4. The van der Waals surface area contributed by atoms with Gasteiger partial charge < -0.3 is 19.7 Å². The van der Waals surface area contributed by atoms with Crippen LogP contribution in [0, 0.1) is 5.82 Å². The van der Waals surface area contributed by atoms with E-state index < -0.39 is 40.2 Å². The maximum absolute atomic E-state index is 15.0. The highest BCUT2D eigenvalue weighted by Crippen LogP contribution is 2.32. The maximum atomic E-state index is 15.0. The number of ether oxygens (including phenoxy) is 2. The van der Waals surface area contributed by atoms with E-state index in [9.17, 15) is 18.0 Å². The third kappa shape index (κ3) is 8.22. The van der Waals surface area contributed by atoms with Crippen molar-refractivity contribution in [3.63, 3.8) is 0 Å². The number of methoxy groups -OCH3 is 2. The van der Waals surface area contributed by atoms with Gasteiger partial charge in [-0.15, -0.1) is 0 Å². The second-order valence-corrected chi connectivity index (χ2v) is 12.7. The molecule has 0 unspecified atom stereocenters. The summed E-state index contributed by atoms with van der Waals surface area (Å²) in [5.41, 5.74) is 1.18. The number of nitrogens with one attached hydrogen (secondary N) is 1. The van der Waals surface area contributed by atoms with Gasteiger partial charge in [0.05, 0.1) is 24.8 Å². The molecule has 0 saturated carbocycles. The molecule has 0 aliphatic carbocycles. The van der Waals surface area contributed by atoms with Crippen LogP contribution < -0.4 is 19.1 Å². The van der Waals surface area contributed by atoms with E-state index in [1.165, 1.54) is 55.5 Å². The summed E-state index contributed by atoms with van der Waals surface area (Å²) in [5.74, 6) is -1.17. The number of carbonyl (C=O) groups is 2. The van der Waals surface area contributed by atoms with Gasteiger partial charge in [0.25, 0.3) is 10.0 Å². The molecule has 46 heavy (non-hydrogen) atoms. The molecule has 4 aromatic rings. The first-order chi connectivity index (χ1) is 22.0. The zero-order valence-electron chi connectivity index (χ0n) is 26.2. The Morgan fingerprint density at radius 3 is 2.04 bits per heavy atom. The van der Waals surface area contributed by atoms with Gasteiger partial charge in [-0.05, 0) is 49.7 Å². The topological polar surface area (TPSA) is 105 Å². The summed E-state index contributed by atoms with van der Waals surface area (Å²) in [6.07, 6.45) is 0.118. The minimum atomic E-state index is -4.37. The molecule has 0 fully saturated rings. The number of para-hydroxylation sites is 1. The van der Waals surface area contributed by atoms with Crippen LogP contribution in [0.3, 0.4) is 0 Å². The molecule has 0 saturated heterocycles. The molecule has 9 nitrogen and oxygen atoms in total. The molecule has 0 radical (unpaired) electrons. The molecule has 4 aromatic carbocycles. The Kier molecular flexibility index (Phi) is 11.4. The second kappa shape index (κ2) is 15.4. The normalized spacial score (nSPS) is 11.9. The minimum Gasteiger partial charge on any atom is -0.493 e. The van der Waals surface area contributed by atoms with Crippen molar-refractivity contribution >= 4 is 27.5 Å². The highest BCUT2D eigenvalue weighted by molar-refractivity contribution is 7.92. The Morgan fingerprint density at radius 2 is 1.43 bits per heavy atom. The van der Waals surface area contributed by atoms with Crippen molar-refractivity contribution < 1.29 is 31.9 Å². The van der Waals surface area contributed by atoms with Gasteiger partial charge in [-0.2, -0.15) is 0 Å². The van der Waals surface area contributed by atoms with Crippen molar-refractivity contribution in [1.82, 2.24) is 10.2 Å². The van der Waals surface area contributed by atoms with Crippen molar-refractivity contribution in [2.45, 2.75) is 43.8 Å². The number of carbonyl (C=O) groups excluding carboxylic acids is 2. The molecule has 1 atom stereocenters. The summed E-state index contributed by atoms with van der Waals surface area (Å²) in [6.45, 7) is 2.66. The van der Waals surface area contributed by atoms with E-state index in [1.807, 2.05) is 30.3 Å². The quantitative estimate of drug-likeness (QED) is 0.202. The largest absolute Gasteiger partial charge is 0.493 e. The molecule has 2 amide bonds. The molecular formula is C35H38FN3O6S. The van der Waals surface area contributed by atoms with Crippen LogP contribution in [-0.2, 0) is 32.6 Å². The highest BCUT2D eigenvalue weighted by atomic mass is 32.2. The average Bonchev–Trinajstić information content (AvgIpc) is 3.06. The molecule has 0 aliphatic heterocycles. The van der Waals surface area contributed by atoms with Gasteiger partial charge in [0.15, 0.2) is 11.5 Å². The minimum absolute atomic E-state index is 0.118. The lowest BCUT2D eigenvalue weighted by molar-refractivity contribution is -0.140. The number of nitrogens with zero attached hydrogens (tertiary/aromatic N) is 2. The molecular weight excluding hydrogens is 609 g/mol. The Bertz CT molecular complexity index is 1740. The fraction of sp³-hybridized carbons (Fsp3) is 0.257. The average molecular weight is 648 g/mol. The van der Waals surface area contributed by atoms with Crippen LogP contribution >= 0.6 is 0 Å². The van der Waals surface area contributed by atoms with E-state index >= 15 is 4.39 Å². The second-order valence-electron chi connectivity index (χ2n) is 10.8. The lowest BCUT2D eigenvalue weighted by Crippen LogP contribution is -2.54.